The van der Waals surface area contributed by atoms with Crippen molar-refractivity contribution < 1.29 is 32.7 Å². The Morgan fingerprint density at radius 3 is 1.87 bits per heavy atom. The number of nitrogens with zero attached hydrogens (tertiary/aromatic N) is 2. The summed E-state index contributed by atoms with van der Waals surface area (Å²) in [6.45, 7) is 2.10. The Labute approximate surface area is 224 Å². The van der Waals surface area contributed by atoms with Gasteiger partial charge in [-0.2, -0.15) is 0 Å². The van der Waals surface area contributed by atoms with Crippen molar-refractivity contribution in [1.29, 1.82) is 0 Å². The van der Waals surface area contributed by atoms with E-state index in [0.29, 0.717) is 40.5 Å². The van der Waals surface area contributed by atoms with Crippen LogP contribution in [0, 0.1) is 6.92 Å². The van der Waals surface area contributed by atoms with Gasteiger partial charge in [0, 0.05) is 16.9 Å². The molecule has 0 radical (unpaired) electrons. The van der Waals surface area contributed by atoms with E-state index in [-0.39, 0.29) is 18.9 Å². The third-order valence-electron chi connectivity index (χ3n) is 5.66. The summed E-state index contributed by atoms with van der Waals surface area (Å²) < 4.78 is 34.7. The van der Waals surface area contributed by atoms with Crippen molar-refractivity contribution in [2.75, 3.05) is 0 Å². The summed E-state index contributed by atoms with van der Waals surface area (Å²) in [7, 11) is -4.37. The van der Waals surface area contributed by atoms with Crippen molar-refractivity contribution >= 4 is 13.7 Å². The van der Waals surface area contributed by atoms with Gasteiger partial charge in [0.15, 0.2) is 5.76 Å². The van der Waals surface area contributed by atoms with Gasteiger partial charge in [0.05, 0.1) is 0 Å². The van der Waals surface area contributed by atoms with Gasteiger partial charge in [-0.1, -0.05) is 36.4 Å². The van der Waals surface area contributed by atoms with Gasteiger partial charge >= 0.3 is 7.60 Å². The molecule has 2 N–H and O–H groups in total. The summed E-state index contributed by atoms with van der Waals surface area (Å²) in [5.74, 6) is 3.86. The minimum absolute atomic E-state index is 0.00126. The first-order chi connectivity index (χ1) is 18.8. The molecule has 0 fully saturated rings. The average molecular weight is 545 g/mol. The summed E-state index contributed by atoms with van der Waals surface area (Å²) in [6, 6.07) is 25.9. The highest BCUT2D eigenvalue weighted by Crippen LogP contribution is 2.37. The minimum atomic E-state index is -4.37. The van der Waals surface area contributed by atoms with Gasteiger partial charge in [-0.05, 0) is 61.5 Å². The molecule has 5 aromatic rings. The van der Waals surface area contributed by atoms with E-state index in [1.165, 1.54) is 6.08 Å². The fourth-order valence-electron chi connectivity index (χ4n) is 3.67. The zero-order chi connectivity index (χ0) is 27.2. The molecule has 0 spiro atoms. The molecule has 10 heteroatoms. The second kappa shape index (κ2) is 11.5. The predicted octanol–water partition coefficient (Wildman–Crippen LogP) is 6.61. The molecule has 2 aromatic heterocycles. The molecule has 3 aromatic carbocycles. The monoisotopic (exact) mass is 544 g/mol. The molecule has 0 saturated carbocycles. The first-order valence-corrected chi connectivity index (χ1v) is 13.7. The molecule has 0 bridgehead atoms. The Morgan fingerprint density at radius 1 is 0.769 bits per heavy atom. The van der Waals surface area contributed by atoms with E-state index in [9.17, 15) is 14.4 Å². The number of hydrogen-bond donors (Lipinski definition) is 2. The maximum absolute atomic E-state index is 11.3. The largest absolute Gasteiger partial charge is 0.487 e. The maximum Gasteiger partial charge on any atom is 0.349 e. The molecule has 0 aliphatic carbocycles. The number of aromatic nitrogens is 2. The van der Waals surface area contributed by atoms with Crippen LogP contribution in [0.15, 0.2) is 99.6 Å². The molecule has 0 amide bonds. The Bertz CT molecular complexity index is 1600. The van der Waals surface area contributed by atoms with Crippen LogP contribution in [0.25, 0.3) is 29.0 Å². The Balaban J connectivity index is 1.23. The quantitative estimate of drug-likeness (QED) is 0.187. The van der Waals surface area contributed by atoms with E-state index in [4.69, 9.17) is 18.3 Å². The molecule has 2 heterocycles. The third kappa shape index (κ3) is 6.91. The minimum Gasteiger partial charge on any atom is -0.487 e. The third-order valence-corrected chi connectivity index (χ3v) is 6.19. The van der Waals surface area contributed by atoms with Gasteiger partial charge in [-0.15, -0.1) is 0 Å². The maximum atomic E-state index is 11.3. The Kier molecular flexibility index (Phi) is 7.74. The topological polar surface area (TPSA) is 128 Å². The van der Waals surface area contributed by atoms with Crippen LogP contribution >= 0.6 is 7.60 Å². The van der Waals surface area contributed by atoms with Crippen LogP contribution in [0.5, 0.6) is 11.5 Å². The predicted molar refractivity (Wildman–Crippen MR) is 145 cm³/mol. The number of aryl methyl sites for hydroxylation is 1. The fraction of sp³-hybridized carbons (Fsp3) is 0.103. The lowest BCUT2D eigenvalue weighted by Gasteiger charge is -2.07. The molecule has 9 nitrogen and oxygen atoms in total. The van der Waals surface area contributed by atoms with Gasteiger partial charge < -0.3 is 28.1 Å². The fourth-order valence-corrected chi connectivity index (χ4v) is 4.00. The standard InChI is InChI=1S/C29H25N2O7P/c1-20-26(31-28(37-20)21-8-4-2-5-9-21)18-35-23-12-14-24(15-13-23)36-19-27-25(16-17-39(32,33)34)30-29(38-27)22-10-6-3-7-11-22/h2-17H,18-19H2,1H3,(H2,32,33,34). The first kappa shape index (κ1) is 26.2. The zero-order valence-corrected chi connectivity index (χ0v) is 21.8. The average Bonchev–Trinajstić information content (AvgIpc) is 3.54. The summed E-state index contributed by atoms with van der Waals surface area (Å²) in [5.41, 5.74) is 2.62. The van der Waals surface area contributed by atoms with E-state index < -0.39 is 7.60 Å². The van der Waals surface area contributed by atoms with Crippen LogP contribution in [0.4, 0.5) is 0 Å². The summed E-state index contributed by atoms with van der Waals surface area (Å²) in [6.07, 6.45) is 1.24. The van der Waals surface area contributed by atoms with E-state index in [1.54, 1.807) is 24.3 Å². The highest BCUT2D eigenvalue weighted by molar-refractivity contribution is 7.55. The molecular weight excluding hydrogens is 519 g/mol. The number of ether oxygens (including phenoxy) is 2. The molecular formula is C29H25N2O7P. The van der Waals surface area contributed by atoms with E-state index in [0.717, 1.165) is 16.9 Å². The van der Waals surface area contributed by atoms with Crippen molar-refractivity contribution in [3.05, 3.63) is 114 Å². The lowest BCUT2D eigenvalue weighted by Crippen LogP contribution is -1.98. The molecule has 0 unspecified atom stereocenters. The lowest BCUT2D eigenvalue weighted by atomic mass is 10.2. The van der Waals surface area contributed by atoms with Crippen LogP contribution in [0.2, 0.25) is 0 Å². The Morgan fingerprint density at radius 2 is 1.31 bits per heavy atom. The normalized spacial score (nSPS) is 11.7. The zero-order valence-electron chi connectivity index (χ0n) is 20.9. The number of rotatable bonds is 10. The number of oxazole rings is 2. The highest BCUT2D eigenvalue weighted by Gasteiger charge is 2.16. The van der Waals surface area contributed by atoms with Gasteiger partial charge in [-0.3, -0.25) is 4.57 Å². The van der Waals surface area contributed by atoms with Crippen LogP contribution in [0.3, 0.4) is 0 Å². The van der Waals surface area contributed by atoms with Crippen molar-refractivity contribution in [3.8, 4) is 34.4 Å². The highest BCUT2D eigenvalue weighted by atomic mass is 31.2. The van der Waals surface area contributed by atoms with Crippen LogP contribution < -0.4 is 9.47 Å². The number of benzene rings is 3. The van der Waals surface area contributed by atoms with E-state index in [1.807, 2.05) is 67.6 Å². The summed E-state index contributed by atoms with van der Waals surface area (Å²) in [4.78, 5) is 27.4. The summed E-state index contributed by atoms with van der Waals surface area (Å²) >= 11 is 0. The molecule has 0 aliphatic rings. The SMILES string of the molecule is Cc1oc(-c2ccccc2)nc1COc1ccc(OCc2oc(-c3ccccc3)nc2C=CP(=O)(O)O)cc1. The smallest absolute Gasteiger partial charge is 0.349 e. The second-order valence-corrected chi connectivity index (χ2v) is 10.0. The summed E-state index contributed by atoms with van der Waals surface area (Å²) in [5, 5.41) is 0. The van der Waals surface area contributed by atoms with E-state index in [2.05, 4.69) is 9.97 Å². The lowest BCUT2D eigenvalue weighted by molar-refractivity contribution is 0.269. The molecule has 0 saturated heterocycles. The number of hydrogen-bond acceptors (Lipinski definition) is 7. The molecule has 0 aliphatic heterocycles. The molecule has 198 valence electrons. The van der Waals surface area contributed by atoms with E-state index >= 15 is 0 Å². The molecule has 5 rings (SSSR count). The van der Waals surface area contributed by atoms with Crippen molar-refractivity contribution in [2.24, 2.45) is 0 Å². The van der Waals surface area contributed by atoms with Crippen LogP contribution in [-0.4, -0.2) is 19.8 Å². The van der Waals surface area contributed by atoms with Gasteiger partial charge in [0.2, 0.25) is 11.8 Å². The second-order valence-electron chi connectivity index (χ2n) is 8.53. The van der Waals surface area contributed by atoms with Crippen molar-refractivity contribution in [2.45, 2.75) is 20.1 Å². The van der Waals surface area contributed by atoms with Gasteiger partial charge in [-0.25, -0.2) is 9.97 Å². The Hall–Kier alpha value is -4.43. The van der Waals surface area contributed by atoms with Crippen molar-refractivity contribution in [1.82, 2.24) is 9.97 Å². The van der Waals surface area contributed by atoms with Crippen LogP contribution in [0.1, 0.15) is 22.9 Å². The van der Waals surface area contributed by atoms with Gasteiger partial charge in [0.25, 0.3) is 0 Å². The van der Waals surface area contributed by atoms with Crippen LogP contribution in [-0.2, 0) is 17.8 Å². The van der Waals surface area contributed by atoms with Crippen molar-refractivity contribution in [3.63, 3.8) is 0 Å². The first-order valence-electron chi connectivity index (χ1n) is 12.0. The van der Waals surface area contributed by atoms with Gasteiger partial charge in [0.1, 0.15) is 41.9 Å². The molecule has 39 heavy (non-hydrogen) atoms. The molecule has 0 atom stereocenters.